The van der Waals surface area contributed by atoms with Crippen molar-refractivity contribution in [2.24, 2.45) is 5.92 Å². The zero-order valence-electron chi connectivity index (χ0n) is 12.6. The van der Waals surface area contributed by atoms with Crippen molar-refractivity contribution >= 4 is 5.91 Å². The molecule has 0 aliphatic heterocycles. The van der Waals surface area contributed by atoms with Gasteiger partial charge in [0.2, 0.25) is 0 Å². The Hall–Kier alpha value is -1.50. The van der Waals surface area contributed by atoms with Crippen LogP contribution in [0.4, 0.5) is 8.78 Å². The van der Waals surface area contributed by atoms with Crippen molar-refractivity contribution in [2.75, 3.05) is 6.61 Å². The molecule has 1 heterocycles. The third-order valence-corrected chi connectivity index (χ3v) is 3.10. The lowest BCUT2D eigenvalue weighted by Crippen LogP contribution is -2.35. The van der Waals surface area contributed by atoms with Crippen LogP contribution in [0.5, 0.6) is 0 Å². The summed E-state index contributed by atoms with van der Waals surface area (Å²) in [4.78, 5) is 12.1. The lowest BCUT2D eigenvalue weighted by molar-refractivity contribution is 0.0910. The van der Waals surface area contributed by atoms with E-state index in [1.165, 1.54) is 10.9 Å². The van der Waals surface area contributed by atoms with Crippen LogP contribution in [0, 0.1) is 5.92 Å². The average Bonchev–Trinajstić information content (AvgIpc) is 2.81. The number of carbonyl (C=O) groups excluding carboxylic acids is 1. The molecule has 1 amide bonds. The zero-order chi connectivity index (χ0) is 16.0. The molecule has 7 heteroatoms. The minimum atomic E-state index is -2.75. The first-order valence-electron chi connectivity index (χ1n) is 7.16. The highest BCUT2D eigenvalue weighted by Crippen LogP contribution is 2.22. The monoisotopic (exact) mass is 303 g/mol. The summed E-state index contributed by atoms with van der Waals surface area (Å²) in [7, 11) is 0. The lowest BCUT2D eigenvalue weighted by atomic mass is 10.1. The number of hydrogen-bond donors (Lipinski definition) is 2. The molecule has 0 bridgehead atoms. The lowest BCUT2D eigenvalue weighted by Gasteiger charge is -2.15. The molecule has 120 valence electrons. The van der Waals surface area contributed by atoms with E-state index in [0.717, 1.165) is 0 Å². The molecule has 0 spiro atoms. The number of carbonyl (C=O) groups is 1. The van der Waals surface area contributed by atoms with Gasteiger partial charge in [0.15, 0.2) is 5.69 Å². The van der Waals surface area contributed by atoms with Gasteiger partial charge in [-0.25, -0.2) is 8.78 Å². The predicted molar refractivity (Wildman–Crippen MR) is 75.3 cm³/mol. The highest BCUT2D eigenvalue weighted by atomic mass is 19.3. The van der Waals surface area contributed by atoms with Crippen molar-refractivity contribution < 1.29 is 18.7 Å². The van der Waals surface area contributed by atoms with Crippen LogP contribution in [0.15, 0.2) is 6.20 Å². The molecule has 1 rings (SSSR count). The first-order valence-corrected chi connectivity index (χ1v) is 7.16. The second-order valence-corrected chi connectivity index (χ2v) is 5.44. The second kappa shape index (κ2) is 8.07. The van der Waals surface area contributed by atoms with Gasteiger partial charge in [-0.1, -0.05) is 20.8 Å². The maximum absolute atomic E-state index is 13.0. The first-order chi connectivity index (χ1) is 9.88. The molecule has 0 radical (unpaired) electrons. The van der Waals surface area contributed by atoms with Gasteiger partial charge in [-0.2, -0.15) is 5.10 Å². The van der Waals surface area contributed by atoms with E-state index in [1.54, 1.807) is 0 Å². The molecule has 0 fully saturated rings. The molecule has 0 aliphatic carbocycles. The van der Waals surface area contributed by atoms with Crippen LogP contribution < -0.4 is 5.32 Å². The number of aliphatic hydroxyl groups is 1. The fourth-order valence-corrected chi connectivity index (χ4v) is 2.03. The number of hydrogen-bond acceptors (Lipinski definition) is 3. The topological polar surface area (TPSA) is 67.2 Å². The summed E-state index contributed by atoms with van der Waals surface area (Å²) >= 11 is 0. The summed E-state index contributed by atoms with van der Waals surface area (Å²) in [6, 6.07) is -0.247. The van der Waals surface area contributed by atoms with Gasteiger partial charge in [-0.05, 0) is 18.8 Å². The number of nitrogens with zero attached hydrogens (tertiary/aromatic N) is 2. The molecule has 0 aliphatic rings. The fraction of sp³-hybridized carbons (Fsp3) is 0.714. The highest BCUT2D eigenvalue weighted by molar-refractivity contribution is 5.93. The Balaban J connectivity index is 2.93. The van der Waals surface area contributed by atoms with Gasteiger partial charge < -0.3 is 10.4 Å². The Bertz CT molecular complexity index is 461. The maximum Gasteiger partial charge on any atom is 0.272 e. The van der Waals surface area contributed by atoms with Gasteiger partial charge in [-0.15, -0.1) is 0 Å². The standard InChI is InChI=1S/C14H23F2N3O2/c1-4-10(5-6-20)17-14(21)12-11(13(15)16)8-19(18-12)7-9(2)3/h8-10,13,20H,4-7H2,1-3H3,(H,17,21). The number of nitrogens with one attached hydrogen (secondary N) is 1. The van der Waals surface area contributed by atoms with E-state index in [0.29, 0.717) is 19.4 Å². The third-order valence-electron chi connectivity index (χ3n) is 3.10. The quantitative estimate of drug-likeness (QED) is 0.775. The number of halogens is 2. The minimum absolute atomic E-state index is 0.0672. The number of aliphatic hydroxyl groups excluding tert-OH is 1. The van der Waals surface area contributed by atoms with E-state index in [2.05, 4.69) is 10.4 Å². The zero-order valence-corrected chi connectivity index (χ0v) is 12.6. The summed E-state index contributed by atoms with van der Waals surface area (Å²) < 4.78 is 27.4. The van der Waals surface area contributed by atoms with Crippen LogP contribution in [0.3, 0.4) is 0 Å². The summed E-state index contributed by atoms with van der Waals surface area (Å²) in [5, 5.41) is 15.5. The molecule has 1 aromatic heterocycles. The van der Waals surface area contributed by atoms with Crippen molar-refractivity contribution in [3.05, 3.63) is 17.5 Å². The van der Waals surface area contributed by atoms with Gasteiger partial charge in [0.1, 0.15) is 0 Å². The van der Waals surface area contributed by atoms with E-state index < -0.39 is 12.3 Å². The molecule has 0 aromatic carbocycles. The van der Waals surface area contributed by atoms with Gasteiger partial charge in [0, 0.05) is 25.4 Å². The smallest absolute Gasteiger partial charge is 0.272 e. The van der Waals surface area contributed by atoms with Crippen LogP contribution >= 0.6 is 0 Å². The maximum atomic E-state index is 13.0. The first kappa shape index (κ1) is 17.6. The Morgan fingerprint density at radius 1 is 1.48 bits per heavy atom. The minimum Gasteiger partial charge on any atom is -0.396 e. The number of aromatic nitrogens is 2. The van der Waals surface area contributed by atoms with Crippen molar-refractivity contribution in [1.82, 2.24) is 15.1 Å². The van der Waals surface area contributed by atoms with Gasteiger partial charge in [-0.3, -0.25) is 9.48 Å². The Morgan fingerprint density at radius 2 is 2.14 bits per heavy atom. The van der Waals surface area contributed by atoms with E-state index in [4.69, 9.17) is 5.11 Å². The molecule has 0 saturated carbocycles. The van der Waals surface area contributed by atoms with Crippen molar-refractivity contribution in [3.8, 4) is 0 Å². The van der Waals surface area contributed by atoms with Crippen LogP contribution in [-0.2, 0) is 6.54 Å². The normalized spacial score (nSPS) is 13.0. The van der Waals surface area contributed by atoms with E-state index in [9.17, 15) is 13.6 Å². The fourth-order valence-electron chi connectivity index (χ4n) is 2.03. The van der Waals surface area contributed by atoms with Crippen LogP contribution in [0.2, 0.25) is 0 Å². The summed E-state index contributed by atoms with van der Waals surface area (Å²) in [5.74, 6) is -0.378. The summed E-state index contributed by atoms with van der Waals surface area (Å²) in [6.45, 7) is 6.14. The molecule has 1 unspecified atom stereocenters. The molecule has 1 aromatic rings. The number of amides is 1. The number of alkyl halides is 2. The van der Waals surface area contributed by atoms with Gasteiger partial charge >= 0.3 is 0 Å². The molecule has 5 nitrogen and oxygen atoms in total. The number of rotatable bonds is 8. The SMILES string of the molecule is CCC(CCO)NC(=O)c1nn(CC(C)C)cc1C(F)F. The van der Waals surface area contributed by atoms with Crippen molar-refractivity contribution in [1.29, 1.82) is 0 Å². The van der Waals surface area contributed by atoms with E-state index >= 15 is 0 Å². The Kier molecular flexibility index (Phi) is 6.74. The van der Waals surface area contributed by atoms with Gasteiger partial charge in [0.25, 0.3) is 12.3 Å². The van der Waals surface area contributed by atoms with E-state index in [-0.39, 0.29) is 29.8 Å². The highest BCUT2D eigenvalue weighted by Gasteiger charge is 2.24. The Labute approximate surface area is 123 Å². The summed E-state index contributed by atoms with van der Waals surface area (Å²) in [5.41, 5.74) is -0.589. The molecular formula is C14H23F2N3O2. The van der Waals surface area contributed by atoms with Crippen LogP contribution in [-0.4, -0.2) is 33.4 Å². The molecule has 1 atom stereocenters. The van der Waals surface area contributed by atoms with Crippen molar-refractivity contribution in [2.45, 2.75) is 52.6 Å². The summed E-state index contributed by atoms with van der Waals surface area (Å²) in [6.07, 6.45) is -0.515. The molecular weight excluding hydrogens is 280 g/mol. The predicted octanol–water partition coefficient (Wildman–Crippen LogP) is 2.37. The van der Waals surface area contributed by atoms with Gasteiger partial charge in [0.05, 0.1) is 5.56 Å². The average molecular weight is 303 g/mol. The van der Waals surface area contributed by atoms with Crippen LogP contribution in [0.1, 0.15) is 56.1 Å². The molecule has 2 N–H and O–H groups in total. The Morgan fingerprint density at radius 3 is 2.62 bits per heavy atom. The van der Waals surface area contributed by atoms with Crippen molar-refractivity contribution in [3.63, 3.8) is 0 Å². The van der Waals surface area contributed by atoms with Crippen LogP contribution in [0.25, 0.3) is 0 Å². The third kappa shape index (κ3) is 5.08. The second-order valence-electron chi connectivity index (χ2n) is 5.44. The molecule has 21 heavy (non-hydrogen) atoms. The van der Waals surface area contributed by atoms with E-state index in [1.807, 2.05) is 20.8 Å². The largest absolute Gasteiger partial charge is 0.396 e. The molecule has 0 saturated heterocycles.